The third kappa shape index (κ3) is 62.9. The van der Waals surface area contributed by atoms with Gasteiger partial charge >= 0.3 is 19.8 Å². The molecule has 0 radical (unpaired) electrons. The maximum atomic E-state index is 12.9. The molecule has 0 saturated heterocycles. The fourth-order valence-corrected chi connectivity index (χ4v) is 10.2. The average Bonchev–Trinajstić information content (AvgIpc) is 3.40. The lowest BCUT2D eigenvalue weighted by molar-refractivity contribution is -0.870. The van der Waals surface area contributed by atoms with Crippen molar-refractivity contribution in [3.63, 3.8) is 0 Å². The van der Waals surface area contributed by atoms with Gasteiger partial charge in [0.05, 0.1) is 27.7 Å². The minimum atomic E-state index is -4.39. The predicted molar refractivity (Wildman–Crippen MR) is 335 cm³/mol. The Kier molecular flexibility index (Phi) is 57.6. The molecule has 456 valence electrons. The van der Waals surface area contributed by atoms with E-state index in [-0.39, 0.29) is 32.0 Å². The Bertz CT molecular complexity index is 1500. The van der Waals surface area contributed by atoms with Crippen molar-refractivity contribution in [2.75, 3.05) is 47.5 Å². The number of phosphoric acid groups is 1. The Morgan fingerprint density at radius 1 is 0.397 bits per heavy atom. The van der Waals surface area contributed by atoms with Gasteiger partial charge in [0.25, 0.3) is 0 Å². The number of phosphoric ester groups is 1. The van der Waals surface area contributed by atoms with Crippen LogP contribution >= 0.6 is 7.82 Å². The van der Waals surface area contributed by atoms with E-state index < -0.39 is 26.5 Å². The number of hydrogen-bond donors (Lipinski definition) is 1. The van der Waals surface area contributed by atoms with E-state index in [2.05, 4.69) is 74.6 Å². The van der Waals surface area contributed by atoms with Crippen LogP contribution in [0.5, 0.6) is 0 Å². The molecule has 0 bridgehead atoms. The fourth-order valence-electron chi connectivity index (χ4n) is 9.41. The highest BCUT2D eigenvalue weighted by Gasteiger charge is 2.27. The number of hydrogen-bond acceptors (Lipinski definition) is 7. The number of allylic oxidation sites excluding steroid dienone is 10. The first-order valence-electron chi connectivity index (χ1n) is 33.0. The highest BCUT2D eigenvalue weighted by atomic mass is 31.2. The molecule has 0 aromatic carbocycles. The average molecular weight is 1120 g/mol. The van der Waals surface area contributed by atoms with Gasteiger partial charge in [-0.2, -0.15) is 0 Å². The second-order valence-corrected chi connectivity index (χ2v) is 25.0. The van der Waals surface area contributed by atoms with Gasteiger partial charge in [-0.05, 0) is 83.5 Å². The lowest BCUT2D eigenvalue weighted by atomic mass is 10.0. The molecule has 0 aromatic rings. The summed E-state index contributed by atoms with van der Waals surface area (Å²) in [6.07, 6.45) is 77.3. The number of nitrogens with zero attached hydrogens (tertiary/aromatic N) is 1. The number of ether oxygens (including phenoxy) is 2. The molecule has 2 unspecified atom stereocenters. The summed E-state index contributed by atoms with van der Waals surface area (Å²) in [5.74, 6) is -0.789. The molecule has 0 spiro atoms. The fraction of sp³-hybridized carbons (Fsp3) is 0.824. The van der Waals surface area contributed by atoms with Gasteiger partial charge in [0.1, 0.15) is 19.8 Å². The molecule has 0 fully saturated rings. The van der Waals surface area contributed by atoms with Gasteiger partial charge in [-0.15, -0.1) is 0 Å². The Morgan fingerprint density at radius 3 is 1.03 bits per heavy atom. The van der Waals surface area contributed by atoms with E-state index in [4.69, 9.17) is 18.5 Å². The molecule has 78 heavy (non-hydrogen) atoms. The second kappa shape index (κ2) is 59.3. The first-order valence-corrected chi connectivity index (χ1v) is 34.5. The molecule has 0 aliphatic rings. The summed E-state index contributed by atoms with van der Waals surface area (Å²) in [5.41, 5.74) is 0. The largest absolute Gasteiger partial charge is 0.472 e. The molecule has 0 rings (SSSR count). The first kappa shape index (κ1) is 75.7. The summed E-state index contributed by atoms with van der Waals surface area (Å²) in [4.78, 5) is 35.8. The molecule has 10 heteroatoms. The smallest absolute Gasteiger partial charge is 0.462 e. The molecule has 0 heterocycles. The maximum Gasteiger partial charge on any atom is 0.472 e. The van der Waals surface area contributed by atoms with Gasteiger partial charge in [0, 0.05) is 12.8 Å². The number of esters is 2. The van der Waals surface area contributed by atoms with Crippen LogP contribution in [0.25, 0.3) is 0 Å². The van der Waals surface area contributed by atoms with Crippen molar-refractivity contribution in [2.45, 2.75) is 315 Å². The number of carbonyl (C=O) groups is 2. The monoisotopic (exact) mass is 1120 g/mol. The van der Waals surface area contributed by atoms with Gasteiger partial charge in [-0.1, -0.05) is 274 Å². The number of likely N-dealkylation sites (N-methyl/N-ethyl adjacent to an activating group) is 1. The zero-order chi connectivity index (χ0) is 57.0. The molecule has 2 atom stereocenters. The van der Waals surface area contributed by atoms with Crippen molar-refractivity contribution in [2.24, 2.45) is 0 Å². The number of quaternary nitrogens is 1. The molecule has 0 aliphatic heterocycles. The predicted octanol–water partition coefficient (Wildman–Crippen LogP) is 21.0. The van der Waals surface area contributed by atoms with Crippen molar-refractivity contribution >= 4 is 19.8 Å². The molecule has 0 aliphatic carbocycles. The molecule has 9 nitrogen and oxygen atoms in total. The summed E-state index contributed by atoms with van der Waals surface area (Å²) in [6.45, 7) is 4.45. The van der Waals surface area contributed by atoms with Gasteiger partial charge in [-0.25, -0.2) is 4.57 Å². The number of carbonyl (C=O) groups excluding carboxylic acids is 2. The number of unbranched alkanes of at least 4 members (excludes halogenated alkanes) is 37. The quantitative estimate of drug-likeness (QED) is 0.0211. The molecule has 0 saturated carbocycles. The Labute approximate surface area is 483 Å². The maximum absolute atomic E-state index is 12.9. The minimum Gasteiger partial charge on any atom is -0.462 e. The Morgan fingerprint density at radius 2 is 0.692 bits per heavy atom. The van der Waals surface area contributed by atoms with Crippen LogP contribution in [0, 0.1) is 0 Å². The van der Waals surface area contributed by atoms with Crippen molar-refractivity contribution < 1.29 is 42.1 Å². The van der Waals surface area contributed by atoms with Crippen LogP contribution in [-0.4, -0.2) is 74.9 Å². The van der Waals surface area contributed by atoms with Gasteiger partial charge in [0.2, 0.25) is 0 Å². The van der Waals surface area contributed by atoms with Crippen LogP contribution in [-0.2, 0) is 32.7 Å². The van der Waals surface area contributed by atoms with Crippen LogP contribution in [0.2, 0.25) is 0 Å². The topological polar surface area (TPSA) is 108 Å². The highest BCUT2D eigenvalue weighted by molar-refractivity contribution is 7.47. The Balaban J connectivity index is 4.07. The normalized spacial score (nSPS) is 13.6. The summed E-state index contributed by atoms with van der Waals surface area (Å²) < 4.78 is 34.7. The zero-order valence-corrected chi connectivity index (χ0v) is 52.8. The van der Waals surface area contributed by atoms with E-state index in [1.165, 1.54) is 225 Å². The zero-order valence-electron chi connectivity index (χ0n) is 51.9. The van der Waals surface area contributed by atoms with Crippen molar-refractivity contribution in [3.8, 4) is 0 Å². The minimum absolute atomic E-state index is 0.0312. The third-order valence-electron chi connectivity index (χ3n) is 14.5. The summed E-state index contributed by atoms with van der Waals surface area (Å²) in [5, 5.41) is 0. The van der Waals surface area contributed by atoms with E-state index in [1.807, 2.05) is 21.1 Å². The van der Waals surface area contributed by atoms with E-state index in [0.29, 0.717) is 17.4 Å². The standard InChI is InChI=1S/C68H126NO8P/c1-6-8-10-12-14-16-18-20-22-24-26-28-30-31-32-33-34-35-36-37-39-41-43-45-47-49-51-53-55-57-59-61-68(71)77-66(65-76-78(72,73)75-63-62-69(3,4)5)64-74-67(70)60-58-56-54-52-50-48-46-44-42-40-38-29-27-25-23-21-19-17-15-13-11-9-7-2/h18-21,24-27,30-31,66H,6-17,22-23,28-29,32-65H2,1-5H3/p+1/b20-18-,21-19-,26-24-,27-25-,31-30-. The third-order valence-corrected chi connectivity index (χ3v) is 15.5. The Hall–Kier alpha value is -2.29. The van der Waals surface area contributed by atoms with Crippen molar-refractivity contribution in [1.29, 1.82) is 0 Å². The van der Waals surface area contributed by atoms with Gasteiger partial charge in [0.15, 0.2) is 6.10 Å². The van der Waals surface area contributed by atoms with Crippen molar-refractivity contribution in [1.82, 2.24) is 0 Å². The molecular weight excluding hydrogens is 990 g/mol. The van der Waals surface area contributed by atoms with Crippen LogP contribution in [0.1, 0.15) is 309 Å². The van der Waals surface area contributed by atoms with Crippen LogP contribution in [0.3, 0.4) is 0 Å². The lowest BCUT2D eigenvalue weighted by Crippen LogP contribution is -2.37. The van der Waals surface area contributed by atoms with Crippen LogP contribution < -0.4 is 0 Å². The summed E-state index contributed by atoms with van der Waals surface area (Å²) in [7, 11) is 1.48. The van der Waals surface area contributed by atoms with E-state index in [9.17, 15) is 19.0 Å². The van der Waals surface area contributed by atoms with Gasteiger partial charge < -0.3 is 18.9 Å². The van der Waals surface area contributed by atoms with E-state index in [1.54, 1.807) is 0 Å². The molecule has 0 amide bonds. The highest BCUT2D eigenvalue weighted by Crippen LogP contribution is 2.43. The SMILES string of the molecule is CCCCCCC/C=C\C/C=C\C/C=C\CCCCCCCCCCCCCCCCCCC(=O)OC(COC(=O)CCCCCCCCCCCCC/C=C\C/C=C\CCCCCCC)COP(=O)(O)OCC[N+](C)(C)C. The second-order valence-electron chi connectivity index (χ2n) is 23.5. The summed E-state index contributed by atoms with van der Waals surface area (Å²) >= 11 is 0. The van der Waals surface area contributed by atoms with Gasteiger partial charge in [-0.3, -0.25) is 18.6 Å². The van der Waals surface area contributed by atoms with Crippen LogP contribution in [0.4, 0.5) is 0 Å². The van der Waals surface area contributed by atoms with Crippen molar-refractivity contribution in [3.05, 3.63) is 60.8 Å². The lowest BCUT2D eigenvalue weighted by Gasteiger charge is -2.24. The molecular formula is C68H127NO8P+. The number of rotatable bonds is 61. The summed E-state index contributed by atoms with van der Waals surface area (Å²) in [6, 6.07) is 0. The van der Waals surface area contributed by atoms with E-state index in [0.717, 1.165) is 51.4 Å². The van der Waals surface area contributed by atoms with Crippen LogP contribution in [0.15, 0.2) is 60.8 Å². The van der Waals surface area contributed by atoms with E-state index >= 15 is 0 Å². The molecule has 1 N–H and O–H groups in total. The first-order chi connectivity index (χ1) is 38.0. The molecule has 0 aromatic heterocycles.